The number of hydrazone groups is 1. The summed E-state index contributed by atoms with van der Waals surface area (Å²) < 4.78 is 5.42. The molecule has 0 aromatic heterocycles. The maximum atomic E-state index is 5.42. The monoisotopic (exact) mass is 315 g/mol. The Morgan fingerprint density at radius 2 is 1.65 bits per heavy atom. The fourth-order valence-corrected chi connectivity index (χ4v) is 3.57. The van der Waals surface area contributed by atoms with Gasteiger partial charge in [0.25, 0.3) is 0 Å². The minimum Gasteiger partial charge on any atom is -0.378 e. The van der Waals surface area contributed by atoms with E-state index >= 15 is 0 Å². The van der Waals surface area contributed by atoms with E-state index in [-0.39, 0.29) is 0 Å². The summed E-state index contributed by atoms with van der Waals surface area (Å²) in [5.41, 5.74) is 3.61. The zero-order chi connectivity index (χ0) is 16.2. The quantitative estimate of drug-likeness (QED) is 0.799. The van der Waals surface area contributed by atoms with E-state index < -0.39 is 0 Å². The van der Waals surface area contributed by atoms with Crippen LogP contribution in [0.2, 0.25) is 0 Å². The predicted octanol–water partition coefficient (Wildman–Crippen LogP) is 3.51. The number of hydrogen-bond donors (Lipinski definition) is 0. The number of piperidine rings is 1. The van der Waals surface area contributed by atoms with E-state index in [2.05, 4.69) is 54.9 Å². The van der Waals surface area contributed by atoms with Gasteiger partial charge in [0.2, 0.25) is 0 Å². The van der Waals surface area contributed by atoms with Crippen LogP contribution in [0.1, 0.15) is 45.6 Å². The molecule has 0 N–H and O–H groups in total. The van der Waals surface area contributed by atoms with Crippen LogP contribution in [0.4, 0.5) is 5.69 Å². The molecule has 0 bridgehead atoms. The van der Waals surface area contributed by atoms with Crippen LogP contribution in [0.5, 0.6) is 0 Å². The van der Waals surface area contributed by atoms with Crippen molar-refractivity contribution in [1.82, 2.24) is 5.01 Å². The molecule has 2 aliphatic rings. The molecule has 1 aromatic rings. The molecule has 2 heterocycles. The van der Waals surface area contributed by atoms with Gasteiger partial charge in [0.05, 0.1) is 18.9 Å². The van der Waals surface area contributed by atoms with Gasteiger partial charge < -0.3 is 9.64 Å². The van der Waals surface area contributed by atoms with Crippen molar-refractivity contribution in [3.8, 4) is 0 Å². The lowest BCUT2D eigenvalue weighted by Gasteiger charge is -2.37. The molecular weight excluding hydrogens is 286 g/mol. The van der Waals surface area contributed by atoms with Crippen molar-refractivity contribution in [2.24, 2.45) is 5.10 Å². The van der Waals surface area contributed by atoms with Crippen LogP contribution in [-0.4, -0.2) is 49.1 Å². The van der Waals surface area contributed by atoms with Crippen molar-refractivity contribution in [3.63, 3.8) is 0 Å². The van der Waals surface area contributed by atoms with Gasteiger partial charge in [-0.1, -0.05) is 12.1 Å². The molecule has 4 nitrogen and oxygen atoms in total. The van der Waals surface area contributed by atoms with Crippen LogP contribution in [0, 0.1) is 0 Å². The molecule has 2 aliphatic heterocycles. The van der Waals surface area contributed by atoms with Gasteiger partial charge in [0, 0.05) is 30.9 Å². The molecule has 2 unspecified atom stereocenters. The number of nitrogens with zero attached hydrogens (tertiary/aromatic N) is 3. The Labute approximate surface area is 140 Å². The molecule has 23 heavy (non-hydrogen) atoms. The number of rotatable bonds is 3. The lowest BCUT2D eigenvalue weighted by Crippen LogP contribution is -2.40. The van der Waals surface area contributed by atoms with E-state index in [0.717, 1.165) is 32.0 Å². The zero-order valence-electron chi connectivity index (χ0n) is 14.7. The maximum Gasteiger partial charge on any atom is 0.0646 e. The van der Waals surface area contributed by atoms with Gasteiger partial charge in [-0.3, -0.25) is 5.01 Å². The van der Waals surface area contributed by atoms with Gasteiger partial charge >= 0.3 is 0 Å². The third kappa shape index (κ3) is 3.86. The largest absolute Gasteiger partial charge is 0.378 e. The van der Waals surface area contributed by atoms with Gasteiger partial charge in [-0.05, 0) is 57.7 Å². The molecule has 0 spiro atoms. The van der Waals surface area contributed by atoms with Crippen molar-refractivity contribution in [2.45, 2.75) is 52.1 Å². The molecule has 3 rings (SSSR count). The Balaban J connectivity index is 1.71. The molecule has 0 aliphatic carbocycles. The average Bonchev–Trinajstić information content (AvgIpc) is 2.59. The highest BCUT2D eigenvalue weighted by atomic mass is 16.5. The van der Waals surface area contributed by atoms with E-state index in [9.17, 15) is 0 Å². The first-order chi connectivity index (χ1) is 11.1. The lowest BCUT2D eigenvalue weighted by molar-refractivity contribution is 0.108. The maximum absolute atomic E-state index is 5.42. The molecule has 126 valence electrons. The first kappa shape index (κ1) is 16.3. The van der Waals surface area contributed by atoms with Crippen LogP contribution in [0.15, 0.2) is 29.4 Å². The highest BCUT2D eigenvalue weighted by Gasteiger charge is 2.23. The Morgan fingerprint density at radius 3 is 2.26 bits per heavy atom. The highest BCUT2D eigenvalue weighted by Crippen LogP contribution is 2.24. The fourth-order valence-electron chi connectivity index (χ4n) is 3.57. The number of benzene rings is 1. The standard InChI is InChI=1S/C19H29N3O/c1-15-5-4-6-16(2)22(15)20-17(3)18-7-9-19(10-8-18)21-11-13-23-14-12-21/h7-10,15-16H,4-6,11-14H2,1-3H3. The summed E-state index contributed by atoms with van der Waals surface area (Å²) in [7, 11) is 0. The summed E-state index contributed by atoms with van der Waals surface area (Å²) in [6.45, 7) is 10.3. The SMILES string of the molecule is CC(=NN1C(C)CCCC1C)c1ccc(N2CCOCC2)cc1. The summed E-state index contributed by atoms with van der Waals surface area (Å²) in [5, 5.41) is 7.23. The van der Waals surface area contributed by atoms with Crippen LogP contribution < -0.4 is 4.90 Å². The van der Waals surface area contributed by atoms with Crippen LogP contribution in [-0.2, 0) is 4.74 Å². The number of hydrogen-bond acceptors (Lipinski definition) is 4. The topological polar surface area (TPSA) is 28.1 Å². The molecule has 2 fully saturated rings. The first-order valence-corrected chi connectivity index (χ1v) is 8.92. The second kappa shape index (κ2) is 7.35. The number of anilines is 1. The van der Waals surface area contributed by atoms with E-state index in [0.29, 0.717) is 12.1 Å². The third-order valence-electron chi connectivity index (χ3n) is 5.07. The second-order valence-corrected chi connectivity index (χ2v) is 6.84. The Morgan fingerprint density at radius 1 is 1.04 bits per heavy atom. The Hall–Kier alpha value is -1.55. The summed E-state index contributed by atoms with van der Waals surface area (Å²) in [6, 6.07) is 9.90. The molecule has 0 saturated carbocycles. The van der Waals surface area contributed by atoms with Gasteiger partial charge in [-0.25, -0.2) is 0 Å². The van der Waals surface area contributed by atoms with Crippen molar-refractivity contribution in [2.75, 3.05) is 31.2 Å². The van der Waals surface area contributed by atoms with Gasteiger partial charge in [-0.15, -0.1) is 0 Å². The van der Waals surface area contributed by atoms with Gasteiger partial charge in [0.15, 0.2) is 0 Å². The predicted molar refractivity (Wildman–Crippen MR) is 96.3 cm³/mol. The van der Waals surface area contributed by atoms with Crippen molar-refractivity contribution in [3.05, 3.63) is 29.8 Å². The first-order valence-electron chi connectivity index (χ1n) is 8.92. The number of morpholine rings is 1. The van der Waals surface area contributed by atoms with E-state index in [4.69, 9.17) is 9.84 Å². The average molecular weight is 315 g/mol. The Kier molecular flexibility index (Phi) is 5.21. The molecule has 0 radical (unpaired) electrons. The van der Waals surface area contributed by atoms with E-state index in [1.165, 1.54) is 30.5 Å². The van der Waals surface area contributed by atoms with Crippen LogP contribution in [0.25, 0.3) is 0 Å². The molecule has 4 heteroatoms. The summed E-state index contributed by atoms with van der Waals surface area (Å²) >= 11 is 0. The Bertz CT molecular complexity index is 524. The smallest absolute Gasteiger partial charge is 0.0646 e. The van der Waals surface area contributed by atoms with E-state index in [1.54, 1.807) is 0 Å². The van der Waals surface area contributed by atoms with Gasteiger partial charge in [-0.2, -0.15) is 5.10 Å². The third-order valence-corrected chi connectivity index (χ3v) is 5.07. The minimum atomic E-state index is 0.543. The van der Waals surface area contributed by atoms with E-state index in [1.807, 2.05) is 0 Å². The summed E-state index contributed by atoms with van der Waals surface area (Å²) in [5.74, 6) is 0. The van der Waals surface area contributed by atoms with Crippen LogP contribution in [0.3, 0.4) is 0 Å². The van der Waals surface area contributed by atoms with Crippen molar-refractivity contribution < 1.29 is 4.74 Å². The zero-order valence-corrected chi connectivity index (χ0v) is 14.7. The molecular formula is C19H29N3O. The highest BCUT2D eigenvalue weighted by molar-refractivity contribution is 5.98. The lowest BCUT2D eigenvalue weighted by atomic mass is 10.00. The number of ether oxygens (including phenoxy) is 1. The molecule has 2 atom stereocenters. The summed E-state index contributed by atoms with van der Waals surface area (Å²) in [6.07, 6.45) is 3.82. The van der Waals surface area contributed by atoms with Crippen LogP contribution >= 0.6 is 0 Å². The van der Waals surface area contributed by atoms with Crippen molar-refractivity contribution in [1.29, 1.82) is 0 Å². The molecule has 1 aromatic carbocycles. The van der Waals surface area contributed by atoms with Gasteiger partial charge in [0.1, 0.15) is 0 Å². The molecule has 0 amide bonds. The summed E-state index contributed by atoms with van der Waals surface area (Å²) in [4.78, 5) is 2.38. The minimum absolute atomic E-state index is 0.543. The fraction of sp³-hybridized carbons (Fsp3) is 0.632. The normalized spacial score (nSPS) is 26.5. The molecule has 2 saturated heterocycles. The van der Waals surface area contributed by atoms with Crippen molar-refractivity contribution >= 4 is 11.4 Å². The second-order valence-electron chi connectivity index (χ2n) is 6.84.